The third kappa shape index (κ3) is 1.73. The first kappa shape index (κ1) is 8.55. The summed E-state index contributed by atoms with van der Waals surface area (Å²) in [4.78, 5) is 0. The van der Waals surface area contributed by atoms with Crippen molar-refractivity contribution in [3.05, 3.63) is 42.0 Å². The van der Waals surface area contributed by atoms with Crippen molar-refractivity contribution in [2.75, 3.05) is 0 Å². The number of rotatable bonds is 2. The number of nitriles is 1. The Morgan fingerprint density at radius 3 is 2.92 bits per heavy atom. The first-order valence-electron chi connectivity index (χ1n) is 3.90. The Morgan fingerprint density at radius 2 is 2.33 bits per heavy atom. The number of nitrogens with zero attached hydrogens (tertiary/aromatic N) is 1. The van der Waals surface area contributed by atoms with Gasteiger partial charge in [-0.25, -0.2) is 0 Å². The predicted octanol–water partition coefficient (Wildman–Crippen LogP) is 2.96. The van der Waals surface area contributed by atoms with Crippen LogP contribution >= 0.6 is 0 Å². The second-order valence-electron chi connectivity index (χ2n) is 2.73. The molecule has 0 aromatic heterocycles. The molecule has 0 radical (unpaired) electrons. The van der Waals surface area contributed by atoms with Gasteiger partial charge in [-0.05, 0) is 18.1 Å². The molecule has 0 heterocycles. The van der Waals surface area contributed by atoms with E-state index in [9.17, 15) is 0 Å². The topological polar surface area (TPSA) is 23.8 Å². The van der Waals surface area contributed by atoms with Crippen molar-refractivity contribution in [2.45, 2.75) is 12.8 Å². The average Bonchev–Trinajstić information content (AvgIpc) is 2.17. The second kappa shape index (κ2) is 3.73. The van der Waals surface area contributed by atoms with Crippen LogP contribution in [-0.4, -0.2) is 0 Å². The Bertz CT molecular complexity index is 320. The SMILES string of the molecule is C=Cc1cccc(C(C)C#N)c1. The van der Waals surface area contributed by atoms with E-state index in [2.05, 4.69) is 12.6 Å². The van der Waals surface area contributed by atoms with E-state index >= 15 is 0 Å². The average molecular weight is 157 g/mol. The zero-order valence-electron chi connectivity index (χ0n) is 7.12. The lowest BCUT2D eigenvalue weighted by Crippen LogP contribution is -1.88. The maximum absolute atomic E-state index is 8.68. The van der Waals surface area contributed by atoms with Crippen LogP contribution in [0.3, 0.4) is 0 Å². The highest BCUT2D eigenvalue weighted by atomic mass is 14.3. The van der Waals surface area contributed by atoms with Gasteiger partial charge in [0.1, 0.15) is 0 Å². The highest BCUT2D eigenvalue weighted by Gasteiger charge is 2.02. The van der Waals surface area contributed by atoms with Crippen molar-refractivity contribution in [1.82, 2.24) is 0 Å². The highest BCUT2D eigenvalue weighted by Crippen LogP contribution is 2.15. The zero-order valence-corrected chi connectivity index (χ0v) is 7.12. The number of hydrogen-bond donors (Lipinski definition) is 0. The van der Waals surface area contributed by atoms with E-state index in [4.69, 9.17) is 5.26 Å². The molecule has 0 spiro atoms. The van der Waals surface area contributed by atoms with Crippen molar-refractivity contribution in [3.63, 3.8) is 0 Å². The van der Waals surface area contributed by atoms with Crippen LogP contribution in [0.4, 0.5) is 0 Å². The largest absolute Gasteiger partial charge is 0.198 e. The Kier molecular flexibility index (Phi) is 2.66. The van der Waals surface area contributed by atoms with Crippen LogP contribution in [0.5, 0.6) is 0 Å². The first-order chi connectivity index (χ1) is 5.77. The third-order valence-corrected chi connectivity index (χ3v) is 1.84. The van der Waals surface area contributed by atoms with Crippen LogP contribution in [0.15, 0.2) is 30.8 Å². The van der Waals surface area contributed by atoms with Crippen molar-refractivity contribution in [3.8, 4) is 6.07 Å². The van der Waals surface area contributed by atoms with E-state index in [1.54, 1.807) is 6.08 Å². The van der Waals surface area contributed by atoms with E-state index in [0.29, 0.717) is 0 Å². The van der Waals surface area contributed by atoms with Gasteiger partial charge in [-0.2, -0.15) is 5.26 Å². The van der Waals surface area contributed by atoms with Crippen LogP contribution in [-0.2, 0) is 0 Å². The van der Waals surface area contributed by atoms with Gasteiger partial charge in [0.15, 0.2) is 0 Å². The van der Waals surface area contributed by atoms with Crippen LogP contribution in [0, 0.1) is 11.3 Å². The van der Waals surface area contributed by atoms with Gasteiger partial charge in [0.25, 0.3) is 0 Å². The van der Waals surface area contributed by atoms with Crippen LogP contribution in [0.1, 0.15) is 24.0 Å². The fourth-order valence-electron chi connectivity index (χ4n) is 1.03. The standard InChI is InChI=1S/C11H11N/c1-3-10-5-4-6-11(7-10)9(2)8-12/h3-7,9H,1H2,2H3. The fraction of sp³-hybridized carbons (Fsp3) is 0.182. The summed E-state index contributed by atoms with van der Waals surface area (Å²) >= 11 is 0. The molecule has 1 aromatic carbocycles. The molecule has 1 nitrogen and oxygen atoms in total. The molecule has 0 saturated heterocycles. The smallest absolute Gasteiger partial charge is 0.0700 e. The summed E-state index contributed by atoms with van der Waals surface area (Å²) in [6.45, 7) is 5.57. The Morgan fingerprint density at radius 1 is 1.58 bits per heavy atom. The molecule has 12 heavy (non-hydrogen) atoms. The van der Waals surface area contributed by atoms with E-state index in [1.165, 1.54) is 0 Å². The molecule has 0 aliphatic carbocycles. The molecule has 0 aliphatic rings. The molecule has 0 aliphatic heterocycles. The summed E-state index contributed by atoms with van der Waals surface area (Å²) < 4.78 is 0. The van der Waals surface area contributed by atoms with Crippen LogP contribution < -0.4 is 0 Å². The number of benzene rings is 1. The van der Waals surface area contributed by atoms with Gasteiger partial charge in [-0.3, -0.25) is 0 Å². The summed E-state index contributed by atoms with van der Waals surface area (Å²) in [6.07, 6.45) is 1.79. The lowest BCUT2D eigenvalue weighted by atomic mass is 10.0. The van der Waals surface area contributed by atoms with Crippen molar-refractivity contribution < 1.29 is 0 Å². The molecular weight excluding hydrogens is 146 g/mol. The van der Waals surface area contributed by atoms with Gasteiger partial charge in [-0.1, -0.05) is 36.9 Å². The van der Waals surface area contributed by atoms with Crippen molar-refractivity contribution >= 4 is 6.08 Å². The Labute approximate surface area is 73.0 Å². The quantitative estimate of drug-likeness (QED) is 0.647. The Balaban J connectivity index is 3.03. The predicted molar refractivity (Wildman–Crippen MR) is 50.6 cm³/mol. The van der Waals surface area contributed by atoms with Gasteiger partial charge >= 0.3 is 0 Å². The summed E-state index contributed by atoms with van der Waals surface area (Å²) in [5.74, 6) is -0.0371. The normalized spacial score (nSPS) is 11.7. The summed E-state index contributed by atoms with van der Waals surface area (Å²) in [7, 11) is 0. The molecule has 0 fully saturated rings. The summed E-state index contributed by atoms with van der Waals surface area (Å²) in [5.41, 5.74) is 2.12. The highest BCUT2D eigenvalue weighted by molar-refractivity contribution is 5.48. The fourth-order valence-corrected chi connectivity index (χ4v) is 1.03. The zero-order chi connectivity index (χ0) is 8.97. The van der Waals surface area contributed by atoms with E-state index < -0.39 is 0 Å². The van der Waals surface area contributed by atoms with Gasteiger partial charge in [0.2, 0.25) is 0 Å². The minimum absolute atomic E-state index is 0.0371. The van der Waals surface area contributed by atoms with Crippen molar-refractivity contribution in [2.24, 2.45) is 0 Å². The lowest BCUT2D eigenvalue weighted by molar-refractivity contribution is 0.981. The summed E-state index contributed by atoms with van der Waals surface area (Å²) in [6, 6.07) is 10.1. The molecule has 1 aromatic rings. The van der Waals surface area contributed by atoms with E-state index in [1.807, 2.05) is 31.2 Å². The summed E-state index contributed by atoms with van der Waals surface area (Å²) in [5, 5.41) is 8.68. The van der Waals surface area contributed by atoms with E-state index in [0.717, 1.165) is 11.1 Å². The van der Waals surface area contributed by atoms with Gasteiger partial charge in [0.05, 0.1) is 12.0 Å². The maximum Gasteiger partial charge on any atom is 0.0700 e. The van der Waals surface area contributed by atoms with Crippen molar-refractivity contribution in [1.29, 1.82) is 5.26 Å². The minimum atomic E-state index is -0.0371. The van der Waals surface area contributed by atoms with Gasteiger partial charge < -0.3 is 0 Å². The van der Waals surface area contributed by atoms with Gasteiger partial charge in [0, 0.05) is 0 Å². The second-order valence-corrected chi connectivity index (χ2v) is 2.73. The molecular formula is C11H11N. The number of hydrogen-bond acceptors (Lipinski definition) is 1. The lowest BCUT2D eigenvalue weighted by Gasteiger charge is -2.02. The monoisotopic (exact) mass is 157 g/mol. The molecule has 1 rings (SSSR count). The Hall–Kier alpha value is -1.55. The first-order valence-corrected chi connectivity index (χ1v) is 3.90. The molecule has 1 heteroatoms. The molecule has 0 saturated carbocycles. The maximum atomic E-state index is 8.68. The van der Waals surface area contributed by atoms with Gasteiger partial charge in [-0.15, -0.1) is 0 Å². The third-order valence-electron chi connectivity index (χ3n) is 1.84. The molecule has 1 atom stereocenters. The van der Waals surface area contributed by atoms with E-state index in [-0.39, 0.29) is 5.92 Å². The molecule has 0 amide bonds. The van der Waals surface area contributed by atoms with Crippen LogP contribution in [0.2, 0.25) is 0 Å². The molecule has 0 N–H and O–H groups in total. The molecule has 0 bridgehead atoms. The van der Waals surface area contributed by atoms with Crippen LogP contribution in [0.25, 0.3) is 6.08 Å². The molecule has 1 unspecified atom stereocenters. The molecule has 60 valence electrons. The minimum Gasteiger partial charge on any atom is -0.198 e.